The van der Waals surface area contributed by atoms with E-state index in [-0.39, 0.29) is 5.41 Å². The normalized spacial score (nSPS) is 16.1. The van der Waals surface area contributed by atoms with E-state index in [0.717, 1.165) is 5.82 Å². The number of rotatable bonds is 4. The molecule has 1 aliphatic rings. The van der Waals surface area contributed by atoms with Gasteiger partial charge in [-0.15, -0.1) is 21.5 Å². The van der Waals surface area contributed by atoms with Crippen molar-refractivity contribution in [1.29, 1.82) is 0 Å². The van der Waals surface area contributed by atoms with Crippen LogP contribution in [-0.2, 0) is 5.41 Å². The zero-order valence-corrected chi connectivity index (χ0v) is 14.8. The molecule has 1 aliphatic carbocycles. The van der Waals surface area contributed by atoms with Crippen molar-refractivity contribution in [2.75, 3.05) is 0 Å². The summed E-state index contributed by atoms with van der Waals surface area (Å²) in [5, 5.41) is 9.06. The summed E-state index contributed by atoms with van der Waals surface area (Å²) in [5.74, 6) is 2.90. The van der Waals surface area contributed by atoms with E-state index >= 15 is 0 Å². The van der Waals surface area contributed by atoms with Gasteiger partial charge in [0.15, 0.2) is 0 Å². The van der Waals surface area contributed by atoms with Gasteiger partial charge in [0, 0.05) is 16.8 Å². The fraction of sp³-hybridized carbons (Fsp3) is 0.600. The Morgan fingerprint density at radius 3 is 2.50 bits per heavy atom. The van der Waals surface area contributed by atoms with Gasteiger partial charge in [-0.3, -0.25) is 0 Å². The Balaban J connectivity index is 2.09. The number of nitrogens with zero attached hydrogens (tertiary/aromatic N) is 3. The molecule has 5 heteroatoms. The molecule has 0 saturated heterocycles. The van der Waals surface area contributed by atoms with Gasteiger partial charge in [-0.2, -0.15) is 0 Å². The highest BCUT2D eigenvalue weighted by Crippen LogP contribution is 2.43. The molecule has 0 atom stereocenters. The number of thiophene rings is 1. The molecule has 1 saturated carbocycles. The zero-order chi connectivity index (χ0) is 14.5. The second-order valence-electron chi connectivity index (χ2n) is 6.35. The van der Waals surface area contributed by atoms with Gasteiger partial charge in [0.1, 0.15) is 11.6 Å². The average molecular weight is 354 g/mol. The Kier molecular flexibility index (Phi) is 3.53. The Hall–Kier alpha value is -0.680. The van der Waals surface area contributed by atoms with E-state index in [1.165, 1.54) is 27.3 Å². The first kappa shape index (κ1) is 14.3. The van der Waals surface area contributed by atoms with Gasteiger partial charge < -0.3 is 4.57 Å². The molecular formula is C15H20BrN3S. The van der Waals surface area contributed by atoms with E-state index in [2.05, 4.69) is 70.5 Å². The largest absolute Gasteiger partial charge is 0.311 e. The molecule has 0 aromatic carbocycles. The molecule has 0 bridgehead atoms. The van der Waals surface area contributed by atoms with Crippen molar-refractivity contribution in [2.24, 2.45) is 0 Å². The summed E-state index contributed by atoms with van der Waals surface area (Å²) in [6.07, 6.45) is 2.52. The molecule has 3 rings (SSSR count). The van der Waals surface area contributed by atoms with Gasteiger partial charge >= 0.3 is 0 Å². The topological polar surface area (TPSA) is 30.7 Å². The van der Waals surface area contributed by atoms with Crippen LogP contribution in [0, 0.1) is 0 Å². The summed E-state index contributed by atoms with van der Waals surface area (Å²) >= 11 is 5.34. The van der Waals surface area contributed by atoms with Crippen LogP contribution in [0.2, 0.25) is 0 Å². The van der Waals surface area contributed by atoms with Crippen LogP contribution in [0.15, 0.2) is 15.9 Å². The second-order valence-corrected chi connectivity index (χ2v) is 8.81. The third-order valence-electron chi connectivity index (χ3n) is 3.93. The second kappa shape index (κ2) is 4.95. The van der Waals surface area contributed by atoms with E-state index in [1.54, 1.807) is 11.3 Å². The molecule has 0 N–H and O–H groups in total. The Bertz CT molecular complexity index is 623. The van der Waals surface area contributed by atoms with Crippen molar-refractivity contribution in [3.63, 3.8) is 0 Å². The van der Waals surface area contributed by atoms with Crippen LogP contribution >= 0.6 is 27.3 Å². The fourth-order valence-electron chi connectivity index (χ4n) is 2.62. The lowest BCUT2D eigenvalue weighted by molar-refractivity contribution is 0.485. The molecule has 0 amide bonds. The number of hydrogen-bond acceptors (Lipinski definition) is 3. The first-order valence-corrected chi connectivity index (χ1v) is 8.73. The van der Waals surface area contributed by atoms with E-state index in [4.69, 9.17) is 0 Å². The van der Waals surface area contributed by atoms with Crippen LogP contribution in [0.25, 0.3) is 0 Å². The highest BCUT2D eigenvalue weighted by atomic mass is 79.9. The summed E-state index contributed by atoms with van der Waals surface area (Å²) in [6, 6.07) is 4.70. The van der Waals surface area contributed by atoms with Crippen LogP contribution < -0.4 is 0 Å². The predicted molar refractivity (Wildman–Crippen MR) is 86.5 cm³/mol. The third kappa shape index (κ3) is 2.35. The minimum Gasteiger partial charge on any atom is -0.311 e. The minimum atomic E-state index is -0.110. The van der Waals surface area contributed by atoms with Crippen LogP contribution in [0.3, 0.4) is 0 Å². The monoisotopic (exact) mass is 353 g/mol. The summed E-state index contributed by atoms with van der Waals surface area (Å²) in [6.45, 7) is 8.92. The average Bonchev–Trinajstić information content (AvgIpc) is 2.95. The van der Waals surface area contributed by atoms with Gasteiger partial charge in [0.05, 0.1) is 9.20 Å². The maximum Gasteiger partial charge on any atom is 0.144 e. The van der Waals surface area contributed by atoms with E-state index in [9.17, 15) is 0 Å². The van der Waals surface area contributed by atoms with E-state index in [0.29, 0.717) is 12.0 Å². The Morgan fingerprint density at radius 1 is 1.30 bits per heavy atom. The fourth-order valence-corrected chi connectivity index (χ4v) is 4.10. The van der Waals surface area contributed by atoms with E-state index in [1.807, 2.05) is 0 Å². The van der Waals surface area contributed by atoms with Gasteiger partial charge in [-0.05, 0) is 68.6 Å². The summed E-state index contributed by atoms with van der Waals surface area (Å²) in [4.78, 5) is 1.32. The SMILES string of the molecule is CC(C)n1c(C2CC2)nnc1C(C)(C)c1ccc(Br)s1. The molecule has 2 aromatic heterocycles. The highest BCUT2D eigenvalue weighted by Gasteiger charge is 2.36. The lowest BCUT2D eigenvalue weighted by atomic mass is 9.90. The first-order valence-electron chi connectivity index (χ1n) is 7.12. The molecular weight excluding hydrogens is 334 g/mol. The van der Waals surface area contributed by atoms with Gasteiger partial charge in [0.2, 0.25) is 0 Å². The molecule has 20 heavy (non-hydrogen) atoms. The summed E-state index contributed by atoms with van der Waals surface area (Å²) in [7, 11) is 0. The molecule has 2 aromatic rings. The lowest BCUT2D eigenvalue weighted by Gasteiger charge is -2.25. The minimum absolute atomic E-state index is 0.110. The van der Waals surface area contributed by atoms with Crippen molar-refractivity contribution in [3.8, 4) is 0 Å². The Morgan fingerprint density at radius 2 is 2.00 bits per heavy atom. The molecule has 0 unspecified atom stereocenters. The van der Waals surface area contributed by atoms with Crippen molar-refractivity contribution in [3.05, 3.63) is 32.4 Å². The molecule has 108 valence electrons. The molecule has 3 nitrogen and oxygen atoms in total. The van der Waals surface area contributed by atoms with Crippen molar-refractivity contribution in [1.82, 2.24) is 14.8 Å². The number of hydrogen-bond donors (Lipinski definition) is 0. The number of aromatic nitrogens is 3. The van der Waals surface area contributed by atoms with Crippen molar-refractivity contribution in [2.45, 2.75) is 57.9 Å². The molecule has 0 radical (unpaired) electrons. The van der Waals surface area contributed by atoms with E-state index < -0.39 is 0 Å². The van der Waals surface area contributed by atoms with Crippen LogP contribution in [0.1, 0.15) is 69.0 Å². The highest BCUT2D eigenvalue weighted by molar-refractivity contribution is 9.11. The maximum absolute atomic E-state index is 4.56. The molecule has 2 heterocycles. The van der Waals surface area contributed by atoms with Crippen molar-refractivity contribution >= 4 is 27.3 Å². The third-order valence-corrected chi connectivity index (χ3v) is 5.88. The zero-order valence-electron chi connectivity index (χ0n) is 12.4. The van der Waals surface area contributed by atoms with Crippen LogP contribution in [0.4, 0.5) is 0 Å². The lowest BCUT2D eigenvalue weighted by Crippen LogP contribution is -2.25. The summed E-state index contributed by atoms with van der Waals surface area (Å²) < 4.78 is 3.52. The van der Waals surface area contributed by atoms with Crippen molar-refractivity contribution < 1.29 is 0 Å². The molecule has 0 aliphatic heterocycles. The van der Waals surface area contributed by atoms with Gasteiger partial charge in [0.25, 0.3) is 0 Å². The number of halogens is 1. The first-order chi connectivity index (χ1) is 9.41. The predicted octanol–water partition coefficient (Wildman–Crippen LogP) is 4.89. The Labute approximate surface area is 132 Å². The summed E-state index contributed by atoms with van der Waals surface area (Å²) in [5.41, 5.74) is -0.110. The quantitative estimate of drug-likeness (QED) is 0.783. The molecule has 0 spiro atoms. The smallest absolute Gasteiger partial charge is 0.144 e. The van der Waals surface area contributed by atoms with Crippen LogP contribution in [-0.4, -0.2) is 14.8 Å². The van der Waals surface area contributed by atoms with Gasteiger partial charge in [-0.25, -0.2) is 0 Å². The maximum atomic E-state index is 4.56. The van der Waals surface area contributed by atoms with Gasteiger partial charge in [-0.1, -0.05) is 0 Å². The van der Waals surface area contributed by atoms with Crippen LogP contribution in [0.5, 0.6) is 0 Å². The standard InChI is InChI=1S/C15H20BrN3S/c1-9(2)19-13(10-5-6-10)17-18-14(19)15(3,4)11-7-8-12(16)20-11/h7-10H,5-6H2,1-4H3. The molecule has 1 fully saturated rings.